The lowest BCUT2D eigenvalue weighted by Gasteiger charge is -2.18. The summed E-state index contributed by atoms with van der Waals surface area (Å²) in [6, 6.07) is 22.4. The fourth-order valence-electron chi connectivity index (χ4n) is 5.64. The van der Waals surface area contributed by atoms with Crippen molar-refractivity contribution in [3.8, 4) is 0 Å². The first-order valence-corrected chi connectivity index (χ1v) is 11.2. The van der Waals surface area contributed by atoms with Gasteiger partial charge in [-0.15, -0.1) is 0 Å². The fraction of sp³-hybridized carbons (Fsp3) is 0.138. The number of aromatic nitrogens is 2. The molecule has 0 radical (unpaired) electrons. The molecule has 3 aromatic heterocycles. The maximum atomic E-state index is 14.5. The maximum Gasteiger partial charge on any atom is 0.125 e. The Labute approximate surface area is 184 Å². The summed E-state index contributed by atoms with van der Waals surface area (Å²) in [7, 11) is 0. The molecular formula is C29H21FN2. The molecule has 3 heterocycles. The highest BCUT2D eigenvalue weighted by Crippen LogP contribution is 2.43. The van der Waals surface area contributed by atoms with E-state index in [0.717, 1.165) is 55.4 Å². The second-order valence-electron chi connectivity index (χ2n) is 9.29. The molecule has 32 heavy (non-hydrogen) atoms. The normalized spacial score (nSPS) is 12.6. The van der Waals surface area contributed by atoms with E-state index in [1.165, 1.54) is 16.3 Å². The molecule has 0 N–H and O–H groups in total. The van der Waals surface area contributed by atoms with Gasteiger partial charge in [0, 0.05) is 27.7 Å². The van der Waals surface area contributed by atoms with Gasteiger partial charge in [0.1, 0.15) is 5.82 Å². The standard InChI is InChI=1S/C29H21FN2/c1-16(2)13-23-20-6-4-3-5-18(20)14-24-27-26-17(11-12-31-27)7-9-22-21-10-8-19(30)15-25(21)32(28(23)24)29(22)26/h3-12,14-16H,13H2,1-2H3. The monoisotopic (exact) mass is 416 g/mol. The zero-order valence-electron chi connectivity index (χ0n) is 18.0. The molecule has 2 nitrogen and oxygen atoms in total. The highest BCUT2D eigenvalue weighted by Gasteiger charge is 2.22. The lowest BCUT2D eigenvalue weighted by Crippen LogP contribution is -2.02. The van der Waals surface area contributed by atoms with E-state index in [4.69, 9.17) is 4.98 Å². The average Bonchev–Trinajstić information content (AvgIpc) is 3.12. The van der Waals surface area contributed by atoms with Crippen LogP contribution in [0, 0.1) is 11.7 Å². The highest BCUT2D eigenvalue weighted by molar-refractivity contribution is 6.28. The zero-order chi connectivity index (χ0) is 21.6. The van der Waals surface area contributed by atoms with Crippen molar-refractivity contribution in [3.63, 3.8) is 0 Å². The SMILES string of the molecule is CC(C)Cc1c2ccccc2cc2c3nccc4ccc5c6ccc(F)cc6n(c12)c5c43. The van der Waals surface area contributed by atoms with Crippen LogP contribution < -0.4 is 0 Å². The van der Waals surface area contributed by atoms with Crippen LogP contribution in [0.1, 0.15) is 19.4 Å². The van der Waals surface area contributed by atoms with Gasteiger partial charge in [0.25, 0.3) is 0 Å². The second kappa shape index (κ2) is 6.17. The third-order valence-corrected chi connectivity index (χ3v) is 6.84. The van der Waals surface area contributed by atoms with Crippen LogP contribution in [-0.2, 0) is 6.42 Å². The third-order valence-electron chi connectivity index (χ3n) is 6.84. The van der Waals surface area contributed by atoms with Crippen molar-refractivity contribution in [2.24, 2.45) is 5.92 Å². The Balaban J connectivity index is 1.91. The summed E-state index contributed by atoms with van der Waals surface area (Å²) in [5.74, 6) is 0.275. The predicted octanol–water partition coefficient (Wildman–Crippen LogP) is 7.88. The van der Waals surface area contributed by atoms with E-state index in [1.54, 1.807) is 12.1 Å². The Morgan fingerprint density at radius 3 is 2.53 bits per heavy atom. The van der Waals surface area contributed by atoms with Gasteiger partial charge in [-0.3, -0.25) is 4.98 Å². The molecule has 0 aliphatic heterocycles. The smallest absolute Gasteiger partial charge is 0.125 e. The minimum Gasteiger partial charge on any atom is -0.307 e. The number of hydrogen-bond acceptors (Lipinski definition) is 1. The number of hydrogen-bond donors (Lipinski definition) is 0. The van der Waals surface area contributed by atoms with Crippen molar-refractivity contribution in [1.29, 1.82) is 0 Å². The molecule has 154 valence electrons. The summed E-state index contributed by atoms with van der Waals surface area (Å²) in [4.78, 5) is 4.89. The first-order valence-electron chi connectivity index (χ1n) is 11.2. The van der Waals surface area contributed by atoms with Crippen LogP contribution in [0.2, 0.25) is 0 Å². The van der Waals surface area contributed by atoms with E-state index in [2.05, 4.69) is 66.8 Å². The number of benzene rings is 4. The Morgan fingerprint density at radius 2 is 1.66 bits per heavy atom. The molecule has 0 aliphatic rings. The molecule has 7 rings (SSSR count). The van der Waals surface area contributed by atoms with Gasteiger partial charge in [0.15, 0.2) is 0 Å². The fourth-order valence-corrected chi connectivity index (χ4v) is 5.64. The van der Waals surface area contributed by atoms with E-state index in [0.29, 0.717) is 5.92 Å². The molecule has 0 spiro atoms. The van der Waals surface area contributed by atoms with E-state index >= 15 is 0 Å². The second-order valence-corrected chi connectivity index (χ2v) is 9.29. The van der Waals surface area contributed by atoms with Gasteiger partial charge >= 0.3 is 0 Å². The molecule has 0 fully saturated rings. The Hall–Kier alpha value is -3.72. The van der Waals surface area contributed by atoms with Crippen LogP contribution in [-0.4, -0.2) is 9.38 Å². The van der Waals surface area contributed by atoms with Crippen LogP contribution in [0.4, 0.5) is 4.39 Å². The minimum absolute atomic E-state index is 0.211. The van der Waals surface area contributed by atoms with Crippen molar-refractivity contribution in [1.82, 2.24) is 9.38 Å². The molecule has 0 bridgehead atoms. The van der Waals surface area contributed by atoms with Crippen LogP contribution >= 0.6 is 0 Å². The van der Waals surface area contributed by atoms with Gasteiger partial charge < -0.3 is 4.40 Å². The number of fused-ring (bicyclic) bond motifs is 7. The summed E-state index contributed by atoms with van der Waals surface area (Å²) in [5, 5.41) is 8.16. The number of nitrogens with zero attached hydrogens (tertiary/aromatic N) is 2. The summed E-state index contributed by atoms with van der Waals surface area (Å²) in [5.41, 5.74) is 5.54. The van der Waals surface area contributed by atoms with E-state index < -0.39 is 0 Å². The van der Waals surface area contributed by atoms with Gasteiger partial charge in [-0.1, -0.05) is 50.2 Å². The van der Waals surface area contributed by atoms with Gasteiger partial charge in [-0.2, -0.15) is 0 Å². The van der Waals surface area contributed by atoms with Crippen LogP contribution in [0.5, 0.6) is 0 Å². The van der Waals surface area contributed by atoms with Crippen LogP contribution in [0.15, 0.2) is 72.9 Å². The molecule has 0 atom stereocenters. The Bertz CT molecular complexity index is 1840. The van der Waals surface area contributed by atoms with Gasteiger partial charge in [-0.25, -0.2) is 4.39 Å². The third kappa shape index (κ3) is 2.20. The largest absolute Gasteiger partial charge is 0.307 e. The summed E-state index contributed by atoms with van der Waals surface area (Å²) < 4.78 is 16.8. The molecule has 0 saturated heterocycles. The maximum absolute atomic E-state index is 14.5. The van der Waals surface area contributed by atoms with Gasteiger partial charge in [-0.05, 0) is 64.4 Å². The predicted molar refractivity (Wildman–Crippen MR) is 132 cm³/mol. The van der Waals surface area contributed by atoms with Gasteiger partial charge in [0.2, 0.25) is 0 Å². The summed E-state index contributed by atoms with van der Waals surface area (Å²) in [6.07, 6.45) is 2.85. The first kappa shape index (κ1) is 17.9. The quantitative estimate of drug-likeness (QED) is 0.207. The van der Waals surface area contributed by atoms with E-state index in [1.807, 2.05) is 12.3 Å². The van der Waals surface area contributed by atoms with E-state index in [-0.39, 0.29) is 5.82 Å². The van der Waals surface area contributed by atoms with Crippen molar-refractivity contribution in [2.45, 2.75) is 20.3 Å². The molecular weight excluding hydrogens is 395 g/mol. The summed E-state index contributed by atoms with van der Waals surface area (Å²) in [6.45, 7) is 4.51. The van der Waals surface area contributed by atoms with Gasteiger partial charge in [0.05, 0.1) is 22.1 Å². The van der Waals surface area contributed by atoms with Crippen LogP contribution in [0.25, 0.3) is 59.8 Å². The number of halogens is 1. The Morgan fingerprint density at radius 1 is 0.812 bits per heavy atom. The molecule has 0 unspecified atom stereocenters. The molecule has 0 saturated carbocycles. The Kier molecular flexibility index (Phi) is 3.45. The van der Waals surface area contributed by atoms with Crippen molar-refractivity contribution in [2.75, 3.05) is 0 Å². The van der Waals surface area contributed by atoms with E-state index in [9.17, 15) is 4.39 Å². The lowest BCUT2D eigenvalue weighted by molar-refractivity contribution is 0.629. The average molecular weight is 416 g/mol. The molecule has 0 aliphatic carbocycles. The lowest BCUT2D eigenvalue weighted by atomic mass is 9.92. The molecule has 4 aromatic carbocycles. The molecule has 0 amide bonds. The highest BCUT2D eigenvalue weighted by atomic mass is 19.1. The molecule has 7 aromatic rings. The van der Waals surface area contributed by atoms with Crippen molar-refractivity contribution < 1.29 is 4.39 Å². The topological polar surface area (TPSA) is 17.3 Å². The zero-order valence-corrected chi connectivity index (χ0v) is 18.0. The summed E-state index contributed by atoms with van der Waals surface area (Å²) >= 11 is 0. The number of rotatable bonds is 2. The number of pyridine rings is 2. The van der Waals surface area contributed by atoms with Crippen molar-refractivity contribution >= 4 is 59.8 Å². The first-order chi connectivity index (χ1) is 15.6. The minimum atomic E-state index is -0.211. The molecule has 3 heteroatoms. The van der Waals surface area contributed by atoms with Crippen molar-refractivity contribution in [3.05, 3.63) is 84.3 Å². The van der Waals surface area contributed by atoms with Crippen LogP contribution in [0.3, 0.4) is 0 Å².